The highest BCUT2D eigenvalue weighted by atomic mass is 16.5. The Labute approximate surface area is 210 Å². The van der Waals surface area contributed by atoms with Gasteiger partial charge in [-0.05, 0) is 87.0 Å². The van der Waals surface area contributed by atoms with Crippen molar-refractivity contribution in [1.29, 1.82) is 0 Å². The van der Waals surface area contributed by atoms with Gasteiger partial charge in [-0.25, -0.2) is 0 Å². The van der Waals surface area contributed by atoms with Crippen molar-refractivity contribution in [3.8, 4) is 0 Å². The molecule has 0 radical (unpaired) electrons. The van der Waals surface area contributed by atoms with Gasteiger partial charge in [0.2, 0.25) is 0 Å². The van der Waals surface area contributed by atoms with Crippen LogP contribution in [0.1, 0.15) is 90.0 Å². The monoisotopic (exact) mass is 489 g/mol. The fourth-order valence-corrected chi connectivity index (χ4v) is 9.47. The molecule has 0 aromatic carbocycles. The van der Waals surface area contributed by atoms with Crippen LogP contribution in [0.25, 0.3) is 0 Å². The van der Waals surface area contributed by atoms with Crippen LogP contribution in [0.3, 0.4) is 0 Å². The highest BCUT2D eigenvalue weighted by Gasteiger charge is 2.73. The standard InChI is InChI=1S/C29H47NO5/c1-26-10-4-3-5-21(26)6-7-25-24(26)8-11-27(2)28(25,33)12-13-29(27,22-9-14-34-19-22)35-18-20(17-31)15-23(32)16-30/h9,14,19-21,23-25,31-33H,3-8,10-13,15-18,30H2,1-2H3/t20?,21?,23?,24-,25-,26+,27+,28-,29?/m1/s1. The second-order valence-electron chi connectivity index (χ2n) is 12.9. The molecule has 1 aromatic heterocycles. The highest BCUT2D eigenvalue weighted by molar-refractivity contribution is 5.31. The Morgan fingerprint density at radius 2 is 1.91 bits per heavy atom. The first kappa shape index (κ1) is 25.7. The summed E-state index contributed by atoms with van der Waals surface area (Å²) in [4.78, 5) is 0. The first-order valence-electron chi connectivity index (χ1n) is 14.1. The third kappa shape index (κ3) is 3.77. The van der Waals surface area contributed by atoms with Gasteiger partial charge in [-0.3, -0.25) is 0 Å². The number of ether oxygens (including phenoxy) is 1. The predicted molar refractivity (Wildman–Crippen MR) is 134 cm³/mol. The van der Waals surface area contributed by atoms with Crippen molar-refractivity contribution < 1.29 is 24.5 Å². The van der Waals surface area contributed by atoms with E-state index in [1.807, 2.05) is 6.07 Å². The summed E-state index contributed by atoms with van der Waals surface area (Å²) in [6.45, 7) is 5.20. The molecule has 4 unspecified atom stereocenters. The third-order valence-electron chi connectivity index (χ3n) is 11.6. The lowest BCUT2D eigenvalue weighted by Gasteiger charge is -2.64. The third-order valence-corrected chi connectivity index (χ3v) is 11.6. The Bertz CT molecular complexity index is 861. The molecule has 4 saturated carbocycles. The van der Waals surface area contributed by atoms with Gasteiger partial charge < -0.3 is 30.2 Å². The smallest absolute Gasteiger partial charge is 0.104 e. The van der Waals surface area contributed by atoms with Gasteiger partial charge in [0.15, 0.2) is 0 Å². The van der Waals surface area contributed by atoms with Crippen molar-refractivity contribution in [3.05, 3.63) is 24.2 Å². The van der Waals surface area contributed by atoms with Crippen molar-refractivity contribution in [2.24, 2.45) is 40.2 Å². The molecule has 1 aromatic rings. The van der Waals surface area contributed by atoms with E-state index in [-0.39, 0.29) is 19.1 Å². The molecule has 0 spiro atoms. The van der Waals surface area contributed by atoms with E-state index in [4.69, 9.17) is 14.9 Å². The largest absolute Gasteiger partial charge is 0.472 e. The van der Waals surface area contributed by atoms with Crippen molar-refractivity contribution in [2.45, 2.75) is 102 Å². The predicted octanol–water partition coefficient (Wildman–Crippen LogP) is 4.36. The van der Waals surface area contributed by atoms with Crippen LogP contribution in [0.15, 0.2) is 23.0 Å². The van der Waals surface area contributed by atoms with Crippen LogP contribution in [0.2, 0.25) is 0 Å². The zero-order chi connectivity index (χ0) is 24.9. The van der Waals surface area contributed by atoms with Crippen LogP contribution < -0.4 is 5.73 Å². The second-order valence-corrected chi connectivity index (χ2v) is 12.9. The van der Waals surface area contributed by atoms with Gasteiger partial charge in [0.25, 0.3) is 0 Å². The minimum absolute atomic E-state index is 0.0655. The summed E-state index contributed by atoms with van der Waals surface area (Å²) in [5.41, 5.74) is 5.05. The van der Waals surface area contributed by atoms with Gasteiger partial charge in [0, 0.05) is 30.0 Å². The normalized spacial score (nSPS) is 44.8. The quantitative estimate of drug-likeness (QED) is 0.432. The zero-order valence-electron chi connectivity index (χ0n) is 21.8. The number of fused-ring (bicyclic) bond motifs is 5. The van der Waals surface area contributed by atoms with Crippen molar-refractivity contribution >= 4 is 0 Å². The Hall–Kier alpha value is -0.920. The lowest BCUT2D eigenvalue weighted by atomic mass is 9.43. The molecule has 0 aliphatic heterocycles. The maximum Gasteiger partial charge on any atom is 0.104 e. The van der Waals surface area contributed by atoms with E-state index in [9.17, 15) is 15.3 Å². The molecule has 4 fully saturated rings. The summed E-state index contributed by atoms with van der Waals surface area (Å²) >= 11 is 0. The molecule has 5 N–H and O–H groups in total. The van der Waals surface area contributed by atoms with Crippen LogP contribution in [0, 0.1) is 34.5 Å². The maximum atomic E-state index is 12.7. The highest BCUT2D eigenvalue weighted by Crippen LogP contribution is 2.72. The molecule has 6 heteroatoms. The van der Waals surface area contributed by atoms with Crippen LogP contribution in [0.4, 0.5) is 0 Å². The number of hydrogen-bond donors (Lipinski definition) is 4. The van der Waals surface area contributed by atoms with Crippen LogP contribution in [-0.2, 0) is 10.3 Å². The van der Waals surface area contributed by atoms with E-state index in [0.717, 1.165) is 43.6 Å². The zero-order valence-corrected chi connectivity index (χ0v) is 21.8. The summed E-state index contributed by atoms with van der Waals surface area (Å²) < 4.78 is 12.4. The number of furan rings is 1. The Balaban J connectivity index is 1.47. The number of aliphatic hydroxyl groups excluding tert-OH is 2. The first-order chi connectivity index (χ1) is 16.7. The van der Waals surface area contributed by atoms with E-state index in [0.29, 0.717) is 30.3 Å². The minimum Gasteiger partial charge on any atom is -0.472 e. The summed E-state index contributed by atoms with van der Waals surface area (Å²) in [7, 11) is 0. The van der Waals surface area contributed by atoms with E-state index < -0.39 is 22.7 Å². The van der Waals surface area contributed by atoms with E-state index in [1.54, 1.807) is 12.5 Å². The molecule has 198 valence electrons. The fraction of sp³-hybridized carbons (Fsp3) is 0.862. The number of hydrogen-bond acceptors (Lipinski definition) is 6. The molecule has 6 nitrogen and oxygen atoms in total. The Morgan fingerprint density at radius 1 is 1.09 bits per heavy atom. The Morgan fingerprint density at radius 3 is 2.63 bits per heavy atom. The summed E-state index contributed by atoms with van der Waals surface area (Å²) in [6.07, 6.45) is 14.4. The summed E-state index contributed by atoms with van der Waals surface area (Å²) in [6, 6.07) is 1.99. The lowest BCUT2D eigenvalue weighted by Crippen LogP contribution is -2.64. The van der Waals surface area contributed by atoms with E-state index in [1.165, 1.54) is 32.1 Å². The fourth-order valence-electron chi connectivity index (χ4n) is 9.47. The summed E-state index contributed by atoms with van der Waals surface area (Å²) in [5, 5.41) is 32.8. The van der Waals surface area contributed by atoms with Crippen molar-refractivity contribution in [3.63, 3.8) is 0 Å². The lowest BCUT2D eigenvalue weighted by molar-refractivity contribution is -0.249. The van der Waals surface area contributed by atoms with Gasteiger partial charge in [-0.1, -0.05) is 26.7 Å². The molecule has 5 rings (SSSR count). The molecular weight excluding hydrogens is 442 g/mol. The maximum absolute atomic E-state index is 12.7. The van der Waals surface area contributed by atoms with E-state index >= 15 is 0 Å². The van der Waals surface area contributed by atoms with Gasteiger partial charge >= 0.3 is 0 Å². The molecule has 0 saturated heterocycles. The average Bonchev–Trinajstić information content (AvgIpc) is 3.47. The van der Waals surface area contributed by atoms with Crippen LogP contribution in [0.5, 0.6) is 0 Å². The van der Waals surface area contributed by atoms with Crippen LogP contribution in [-0.4, -0.2) is 46.8 Å². The SMILES string of the molecule is C[C@]12CCCCC1CC[C@@H]1[C@H]2CC[C@]2(C)C(OCC(CO)CC(O)CN)(c3ccoc3)CC[C@@]12O. The van der Waals surface area contributed by atoms with Gasteiger partial charge in [0.1, 0.15) is 5.60 Å². The average molecular weight is 490 g/mol. The Kier molecular flexibility index (Phi) is 6.93. The number of aliphatic hydroxyl groups is 3. The molecule has 0 amide bonds. The van der Waals surface area contributed by atoms with Crippen molar-refractivity contribution in [1.82, 2.24) is 0 Å². The molecule has 4 aliphatic rings. The first-order valence-corrected chi connectivity index (χ1v) is 14.1. The van der Waals surface area contributed by atoms with Gasteiger partial charge in [0.05, 0.1) is 30.8 Å². The van der Waals surface area contributed by atoms with Crippen LogP contribution >= 0.6 is 0 Å². The topological polar surface area (TPSA) is 109 Å². The van der Waals surface area contributed by atoms with Crippen molar-refractivity contribution in [2.75, 3.05) is 19.8 Å². The van der Waals surface area contributed by atoms with Gasteiger partial charge in [-0.15, -0.1) is 0 Å². The number of rotatable bonds is 8. The molecule has 35 heavy (non-hydrogen) atoms. The second kappa shape index (κ2) is 9.43. The molecular formula is C29H47NO5. The number of nitrogens with two attached hydrogens (primary N) is 1. The molecule has 1 heterocycles. The van der Waals surface area contributed by atoms with Gasteiger partial charge in [-0.2, -0.15) is 0 Å². The minimum atomic E-state index is -0.788. The molecule has 9 atom stereocenters. The molecule has 0 bridgehead atoms. The summed E-state index contributed by atoms with van der Waals surface area (Å²) in [5.74, 6) is 1.47. The molecule has 4 aliphatic carbocycles. The van der Waals surface area contributed by atoms with E-state index in [2.05, 4.69) is 13.8 Å².